The SMILES string of the molecule is COC(=O)c1cc(-c2cc(-c3c(C(F)(F)F)c(C(F)(F)C(F)(F)F)nn3C)on2)ccc1Cl. The Morgan fingerprint density at radius 2 is 1.73 bits per heavy atom. The number of halogens is 9. The molecular weight excluding hydrogens is 494 g/mol. The fraction of sp³-hybridized carbons (Fsp3) is 0.278. The van der Waals surface area contributed by atoms with Gasteiger partial charge in [0, 0.05) is 18.7 Å². The Balaban J connectivity index is 2.18. The first-order valence-corrected chi connectivity index (χ1v) is 8.92. The van der Waals surface area contributed by atoms with Gasteiger partial charge in [0.1, 0.15) is 17.0 Å². The average Bonchev–Trinajstić information content (AvgIpc) is 3.31. The van der Waals surface area contributed by atoms with E-state index in [9.17, 15) is 39.9 Å². The summed E-state index contributed by atoms with van der Waals surface area (Å²) in [4.78, 5) is 11.8. The van der Waals surface area contributed by atoms with Crippen LogP contribution < -0.4 is 0 Å². The van der Waals surface area contributed by atoms with Crippen molar-refractivity contribution in [2.24, 2.45) is 7.05 Å². The van der Waals surface area contributed by atoms with E-state index in [4.69, 9.17) is 16.1 Å². The van der Waals surface area contributed by atoms with Gasteiger partial charge in [0.25, 0.3) is 0 Å². The minimum absolute atomic E-state index is 0.0145. The van der Waals surface area contributed by atoms with E-state index in [1.54, 1.807) is 0 Å². The van der Waals surface area contributed by atoms with Gasteiger partial charge in [-0.15, -0.1) is 0 Å². The summed E-state index contributed by atoms with van der Waals surface area (Å²) in [6.07, 6.45) is -12.0. The number of carbonyl (C=O) groups is 1. The number of hydrogen-bond donors (Lipinski definition) is 0. The van der Waals surface area contributed by atoms with Gasteiger partial charge in [-0.25, -0.2) is 4.79 Å². The molecule has 6 nitrogen and oxygen atoms in total. The molecule has 2 heterocycles. The highest BCUT2D eigenvalue weighted by molar-refractivity contribution is 6.33. The molecule has 0 aliphatic rings. The molecule has 15 heteroatoms. The van der Waals surface area contributed by atoms with Gasteiger partial charge < -0.3 is 9.26 Å². The van der Waals surface area contributed by atoms with Crippen LogP contribution in [-0.4, -0.2) is 34.2 Å². The minimum atomic E-state index is -6.33. The minimum Gasteiger partial charge on any atom is -0.465 e. The molecule has 0 amide bonds. The van der Waals surface area contributed by atoms with E-state index in [-0.39, 0.29) is 26.5 Å². The van der Waals surface area contributed by atoms with Crippen molar-refractivity contribution < 1.29 is 49.2 Å². The molecule has 0 fully saturated rings. The molecule has 3 rings (SSSR count). The van der Waals surface area contributed by atoms with E-state index in [0.29, 0.717) is 0 Å². The summed E-state index contributed by atoms with van der Waals surface area (Å²) >= 11 is 5.89. The van der Waals surface area contributed by atoms with Gasteiger partial charge in [0.15, 0.2) is 11.5 Å². The third kappa shape index (κ3) is 4.26. The number of benzene rings is 1. The number of methoxy groups -OCH3 is 1. The molecule has 0 bridgehead atoms. The van der Waals surface area contributed by atoms with Crippen LogP contribution in [0.5, 0.6) is 0 Å². The fourth-order valence-corrected chi connectivity index (χ4v) is 3.10. The lowest BCUT2D eigenvalue weighted by Gasteiger charge is -2.19. The number of aromatic nitrogens is 3. The predicted octanol–water partition coefficient (Wildman–Crippen LogP) is 5.86. The Bertz CT molecular complexity index is 1210. The number of hydrogen-bond acceptors (Lipinski definition) is 5. The van der Waals surface area contributed by atoms with Crippen LogP contribution in [0.4, 0.5) is 35.1 Å². The van der Waals surface area contributed by atoms with Crippen LogP contribution in [0, 0.1) is 0 Å². The van der Waals surface area contributed by atoms with Crippen molar-refractivity contribution in [1.82, 2.24) is 14.9 Å². The molecule has 0 spiro atoms. The van der Waals surface area contributed by atoms with Gasteiger partial charge in [-0.1, -0.05) is 22.8 Å². The summed E-state index contributed by atoms with van der Waals surface area (Å²) in [5.41, 5.74) is -6.26. The Morgan fingerprint density at radius 1 is 1.09 bits per heavy atom. The van der Waals surface area contributed by atoms with E-state index in [2.05, 4.69) is 15.0 Å². The summed E-state index contributed by atoms with van der Waals surface area (Å²) in [5.74, 6) is -7.54. The van der Waals surface area contributed by atoms with Crippen molar-refractivity contribution in [3.8, 4) is 22.7 Å². The van der Waals surface area contributed by atoms with Gasteiger partial charge in [-0.05, 0) is 12.1 Å². The standard InChI is InChI=1S/C18H10ClF8N3O3/c1-30-13(12(17(22,23)24)14(28-30)16(20,21)18(25,26)27)11-6-10(29-33-11)7-3-4-9(19)8(5-7)15(31)32-2/h3-6H,1-2H3. The molecule has 0 radical (unpaired) electrons. The zero-order chi connectivity index (χ0) is 24.9. The van der Waals surface area contributed by atoms with E-state index in [0.717, 1.165) is 20.2 Å². The topological polar surface area (TPSA) is 70.2 Å². The average molecular weight is 504 g/mol. The van der Waals surface area contributed by atoms with Crippen molar-refractivity contribution >= 4 is 17.6 Å². The van der Waals surface area contributed by atoms with Crippen molar-refractivity contribution in [2.45, 2.75) is 18.3 Å². The summed E-state index contributed by atoms with van der Waals surface area (Å²) in [6.45, 7) is 0. The normalized spacial score (nSPS) is 12.8. The molecule has 0 saturated carbocycles. The van der Waals surface area contributed by atoms with Crippen molar-refractivity contribution in [1.29, 1.82) is 0 Å². The molecule has 2 aromatic heterocycles. The second-order valence-electron chi connectivity index (χ2n) is 6.53. The van der Waals surface area contributed by atoms with E-state index in [1.165, 1.54) is 18.2 Å². The first-order chi connectivity index (χ1) is 15.1. The van der Waals surface area contributed by atoms with Crippen LogP contribution in [0.25, 0.3) is 22.7 Å². The molecule has 3 aromatic rings. The first-order valence-electron chi connectivity index (χ1n) is 8.54. The number of carbonyl (C=O) groups excluding carboxylic acids is 1. The second-order valence-corrected chi connectivity index (χ2v) is 6.94. The lowest BCUT2D eigenvalue weighted by atomic mass is 10.0. The maximum Gasteiger partial charge on any atom is 0.459 e. The number of rotatable bonds is 4. The maximum absolute atomic E-state index is 13.8. The molecule has 0 aliphatic heterocycles. The molecule has 1 aromatic carbocycles. The van der Waals surface area contributed by atoms with Crippen LogP contribution in [0.2, 0.25) is 5.02 Å². The third-order valence-electron chi connectivity index (χ3n) is 4.40. The highest BCUT2D eigenvalue weighted by Gasteiger charge is 2.64. The number of esters is 1. The molecule has 0 unspecified atom stereocenters. The van der Waals surface area contributed by atoms with E-state index < -0.39 is 47.0 Å². The van der Waals surface area contributed by atoms with E-state index in [1.807, 2.05) is 0 Å². The lowest BCUT2D eigenvalue weighted by Crippen LogP contribution is -2.36. The third-order valence-corrected chi connectivity index (χ3v) is 4.72. The smallest absolute Gasteiger partial charge is 0.459 e. The maximum atomic E-state index is 13.8. The zero-order valence-electron chi connectivity index (χ0n) is 16.3. The molecule has 0 atom stereocenters. The predicted molar refractivity (Wildman–Crippen MR) is 95.4 cm³/mol. The van der Waals surface area contributed by atoms with Crippen molar-refractivity contribution in [2.75, 3.05) is 7.11 Å². The summed E-state index contributed by atoms with van der Waals surface area (Å²) in [6, 6.07) is 4.59. The van der Waals surface area contributed by atoms with Crippen molar-refractivity contribution in [3.63, 3.8) is 0 Å². The largest absolute Gasteiger partial charge is 0.465 e. The number of aryl methyl sites for hydroxylation is 1. The van der Waals surface area contributed by atoms with Gasteiger partial charge in [-0.3, -0.25) is 4.68 Å². The number of ether oxygens (including phenoxy) is 1. The Labute approximate surface area is 183 Å². The number of alkyl halides is 8. The highest BCUT2D eigenvalue weighted by Crippen LogP contribution is 2.50. The first kappa shape index (κ1) is 24.5. The molecule has 0 aliphatic carbocycles. The van der Waals surface area contributed by atoms with Gasteiger partial charge in [0.05, 0.1) is 17.7 Å². The highest BCUT2D eigenvalue weighted by atomic mass is 35.5. The van der Waals surface area contributed by atoms with Gasteiger partial charge in [0.2, 0.25) is 0 Å². The molecule has 178 valence electrons. The van der Waals surface area contributed by atoms with Crippen LogP contribution in [0.15, 0.2) is 28.8 Å². The van der Waals surface area contributed by atoms with Crippen LogP contribution >= 0.6 is 11.6 Å². The summed E-state index contributed by atoms with van der Waals surface area (Å²) in [5, 5.41) is 6.29. The zero-order valence-corrected chi connectivity index (χ0v) is 17.0. The Kier molecular flexibility index (Phi) is 5.94. The quantitative estimate of drug-likeness (QED) is 0.330. The van der Waals surface area contributed by atoms with Crippen LogP contribution in [0.3, 0.4) is 0 Å². The monoisotopic (exact) mass is 503 g/mol. The number of nitrogens with zero attached hydrogens (tertiary/aromatic N) is 3. The Morgan fingerprint density at radius 3 is 2.27 bits per heavy atom. The lowest BCUT2D eigenvalue weighted by molar-refractivity contribution is -0.292. The van der Waals surface area contributed by atoms with Gasteiger partial charge in [-0.2, -0.15) is 40.2 Å². The van der Waals surface area contributed by atoms with Crippen molar-refractivity contribution in [3.05, 3.63) is 46.1 Å². The summed E-state index contributed by atoms with van der Waals surface area (Å²) < 4.78 is 116. The molecule has 0 saturated heterocycles. The second kappa shape index (κ2) is 8.01. The molecular formula is C18H10ClF8N3O3. The summed E-state index contributed by atoms with van der Waals surface area (Å²) in [7, 11) is 1.81. The van der Waals surface area contributed by atoms with Crippen LogP contribution in [0.1, 0.15) is 21.6 Å². The van der Waals surface area contributed by atoms with Gasteiger partial charge >= 0.3 is 24.2 Å². The van der Waals surface area contributed by atoms with E-state index >= 15 is 0 Å². The fourth-order valence-electron chi connectivity index (χ4n) is 2.90. The van der Waals surface area contributed by atoms with Crippen LogP contribution in [-0.2, 0) is 23.9 Å². The molecule has 33 heavy (non-hydrogen) atoms. The molecule has 0 N–H and O–H groups in total. The Hall–Kier alpha value is -3.16.